The first-order chi connectivity index (χ1) is 23.5. The third-order valence-electron chi connectivity index (χ3n) is 11.1. The fourth-order valence-corrected chi connectivity index (χ4v) is 8.06. The molecule has 4 aliphatic rings. The summed E-state index contributed by atoms with van der Waals surface area (Å²) in [6.07, 6.45) is 26.3. The van der Waals surface area contributed by atoms with Gasteiger partial charge in [-0.3, -0.25) is 0 Å². The second-order valence-electron chi connectivity index (χ2n) is 14.6. The Morgan fingerprint density at radius 1 is 0.458 bits per heavy atom. The zero-order chi connectivity index (χ0) is 33.8. The molecule has 6 nitrogen and oxygen atoms in total. The first kappa shape index (κ1) is 38.3. The lowest BCUT2D eigenvalue weighted by molar-refractivity contribution is -0.138. The van der Waals surface area contributed by atoms with E-state index >= 15 is 0 Å². The molecule has 6 heteroatoms. The van der Waals surface area contributed by atoms with Gasteiger partial charge in [-0.25, -0.2) is 9.59 Å². The molecule has 0 heterocycles. The van der Waals surface area contributed by atoms with Crippen molar-refractivity contribution >= 4 is 11.9 Å². The molecule has 0 aliphatic heterocycles. The van der Waals surface area contributed by atoms with Crippen LogP contribution >= 0.6 is 0 Å². The van der Waals surface area contributed by atoms with Crippen molar-refractivity contribution in [3.05, 3.63) is 25.3 Å². The third-order valence-corrected chi connectivity index (χ3v) is 11.1. The second-order valence-corrected chi connectivity index (χ2v) is 14.6. The lowest BCUT2D eigenvalue weighted by atomic mass is 9.69. The largest absolute Gasteiger partial charge is 0.463 e. The Kier molecular flexibility index (Phi) is 17.7. The van der Waals surface area contributed by atoms with Crippen LogP contribution in [0.4, 0.5) is 0 Å². The van der Waals surface area contributed by atoms with E-state index in [1.54, 1.807) is 0 Å². The molecule has 0 radical (unpaired) electrons. The first-order valence-corrected chi connectivity index (χ1v) is 19.4. The van der Waals surface area contributed by atoms with Crippen molar-refractivity contribution < 1.29 is 28.5 Å². The Morgan fingerprint density at radius 2 is 0.750 bits per heavy atom. The van der Waals surface area contributed by atoms with Crippen LogP contribution in [0.1, 0.15) is 128 Å². The van der Waals surface area contributed by atoms with E-state index in [0.717, 1.165) is 102 Å². The van der Waals surface area contributed by atoms with Gasteiger partial charge >= 0.3 is 11.9 Å². The van der Waals surface area contributed by atoms with E-state index in [2.05, 4.69) is 36.8 Å². The quantitative estimate of drug-likeness (QED) is 0.0756. The van der Waals surface area contributed by atoms with Crippen LogP contribution in [0.25, 0.3) is 0 Å². The van der Waals surface area contributed by atoms with Crippen LogP contribution in [0.2, 0.25) is 0 Å². The number of unbranched alkanes of at least 4 members (excludes halogenated alkanes) is 2. The van der Waals surface area contributed by atoms with Crippen molar-refractivity contribution in [2.75, 3.05) is 26.4 Å². The third kappa shape index (κ3) is 14.5. The van der Waals surface area contributed by atoms with Gasteiger partial charge in [-0.1, -0.05) is 36.8 Å². The molecule has 0 bridgehead atoms. The summed E-state index contributed by atoms with van der Waals surface area (Å²) in [5.41, 5.74) is 0. The zero-order valence-corrected chi connectivity index (χ0v) is 29.6. The molecule has 0 atom stereocenters. The average molecular weight is 663 g/mol. The van der Waals surface area contributed by atoms with Gasteiger partial charge < -0.3 is 18.9 Å². The Labute approximate surface area is 291 Å². The molecular weight excluding hydrogens is 600 g/mol. The topological polar surface area (TPSA) is 71.1 Å². The molecule has 48 heavy (non-hydrogen) atoms. The standard InChI is InChI=1S/C42H62O6/c1-3-41(43)47-31-7-5-29-45-39-25-17-35(18-26-39)11-9-33-13-21-37(22-14-33)38-23-15-34(16-24-38)10-12-36-19-27-40(28-20-36)46-30-6-8-32-48-42(44)4-2/h3-4,33-40H,1-2,5-8,13-32H2. The van der Waals surface area contributed by atoms with Gasteiger partial charge in [-0.2, -0.15) is 0 Å². The molecule has 0 saturated heterocycles. The van der Waals surface area contributed by atoms with Gasteiger partial charge in [0.1, 0.15) is 0 Å². The van der Waals surface area contributed by atoms with E-state index in [9.17, 15) is 9.59 Å². The van der Waals surface area contributed by atoms with Crippen LogP contribution in [0.15, 0.2) is 25.3 Å². The van der Waals surface area contributed by atoms with Crippen LogP contribution in [0.3, 0.4) is 0 Å². The fraction of sp³-hybridized carbons (Fsp3) is 0.762. The Bertz CT molecular complexity index is 1000. The zero-order valence-electron chi connectivity index (χ0n) is 29.6. The summed E-state index contributed by atoms with van der Waals surface area (Å²) in [7, 11) is 0. The van der Waals surface area contributed by atoms with E-state index in [1.165, 1.54) is 63.5 Å². The van der Waals surface area contributed by atoms with Crippen molar-refractivity contribution in [3.8, 4) is 23.7 Å². The van der Waals surface area contributed by atoms with Gasteiger partial charge in [0.05, 0.1) is 25.4 Å². The normalized spacial score (nSPS) is 30.4. The predicted octanol–water partition coefficient (Wildman–Crippen LogP) is 8.78. The highest BCUT2D eigenvalue weighted by molar-refractivity contribution is 5.81. The highest BCUT2D eigenvalue weighted by Crippen LogP contribution is 2.41. The number of carbonyl (C=O) groups excluding carboxylic acids is 2. The van der Waals surface area contributed by atoms with Crippen LogP contribution in [0.5, 0.6) is 0 Å². The molecule has 4 fully saturated rings. The second kappa shape index (κ2) is 22.2. The first-order valence-electron chi connectivity index (χ1n) is 19.4. The van der Waals surface area contributed by atoms with Crippen molar-refractivity contribution in [1.29, 1.82) is 0 Å². The summed E-state index contributed by atoms with van der Waals surface area (Å²) in [5.74, 6) is 18.1. The summed E-state index contributed by atoms with van der Waals surface area (Å²) in [6, 6.07) is 0. The molecule has 4 rings (SSSR count). The molecule has 4 aliphatic carbocycles. The maximum Gasteiger partial charge on any atom is 0.330 e. The van der Waals surface area contributed by atoms with Crippen LogP contribution in [0, 0.1) is 59.2 Å². The molecule has 0 unspecified atom stereocenters. The van der Waals surface area contributed by atoms with Gasteiger partial charge in [0.2, 0.25) is 0 Å². The number of ether oxygens (including phenoxy) is 4. The maximum atomic E-state index is 11.1. The minimum Gasteiger partial charge on any atom is -0.463 e. The molecule has 0 aromatic carbocycles. The van der Waals surface area contributed by atoms with Crippen molar-refractivity contribution in [3.63, 3.8) is 0 Å². The summed E-state index contributed by atoms with van der Waals surface area (Å²) in [5, 5.41) is 0. The monoisotopic (exact) mass is 662 g/mol. The molecule has 0 aromatic heterocycles. The summed E-state index contributed by atoms with van der Waals surface area (Å²) < 4.78 is 22.2. The highest BCUT2D eigenvalue weighted by atomic mass is 16.5. The summed E-state index contributed by atoms with van der Waals surface area (Å²) >= 11 is 0. The van der Waals surface area contributed by atoms with Crippen LogP contribution in [-0.4, -0.2) is 50.6 Å². The van der Waals surface area contributed by atoms with E-state index in [4.69, 9.17) is 18.9 Å². The van der Waals surface area contributed by atoms with Gasteiger partial charge in [0.15, 0.2) is 0 Å². The molecule has 0 aromatic rings. The Balaban J connectivity index is 1.00. The summed E-state index contributed by atoms with van der Waals surface area (Å²) in [4.78, 5) is 22.2. The van der Waals surface area contributed by atoms with Gasteiger partial charge in [-0.15, -0.1) is 0 Å². The molecule has 4 saturated carbocycles. The number of esters is 2. The molecule has 266 valence electrons. The Hall–Kier alpha value is -2.54. The van der Waals surface area contributed by atoms with E-state index in [1.807, 2.05) is 0 Å². The maximum absolute atomic E-state index is 11.1. The van der Waals surface area contributed by atoms with Gasteiger partial charge in [0, 0.05) is 49.0 Å². The highest BCUT2D eigenvalue weighted by Gasteiger charge is 2.30. The predicted molar refractivity (Wildman–Crippen MR) is 191 cm³/mol. The molecule has 0 amide bonds. The molecule has 0 N–H and O–H groups in total. The fourth-order valence-electron chi connectivity index (χ4n) is 8.06. The van der Waals surface area contributed by atoms with Crippen LogP contribution in [-0.2, 0) is 28.5 Å². The molecular formula is C42H62O6. The van der Waals surface area contributed by atoms with E-state index in [-0.39, 0.29) is 11.9 Å². The Morgan fingerprint density at radius 3 is 1.06 bits per heavy atom. The van der Waals surface area contributed by atoms with Crippen molar-refractivity contribution in [2.24, 2.45) is 35.5 Å². The SMILES string of the molecule is C=CC(=O)OCCCCOC1CCC(C#CC2CCC(C3CCC(C#CC4CCC(OCCCCOC(=O)C=C)CC4)CC3)CC2)CC1. The van der Waals surface area contributed by atoms with E-state index < -0.39 is 0 Å². The van der Waals surface area contributed by atoms with Gasteiger partial charge in [0.25, 0.3) is 0 Å². The number of hydrogen-bond donors (Lipinski definition) is 0. The van der Waals surface area contributed by atoms with Crippen molar-refractivity contribution in [2.45, 2.75) is 141 Å². The van der Waals surface area contributed by atoms with E-state index in [0.29, 0.717) is 49.1 Å². The van der Waals surface area contributed by atoms with Crippen molar-refractivity contribution in [1.82, 2.24) is 0 Å². The van der Waals surface area contributed by atoms with Gasteiger partial charge in [-0.05, 0) is 140 Å². The smallest absolute Gasteiger partial charge is 0.330 e. The lowest BCUT2D eigenvalue weighted by Gasteiger charge is -2.36. The minimum absolute atomic E-state index is 0.350. The minimum atomic E-state index is -0.350. The lowest BCUT2D eigenvalue weighted by Crippen LogP contribution is -2.25. The summed E-state index contributed by atoms with van der Waals surface area (Å²) in [6.45, 7) is 9.19. The molecule has 0 spiro atoms. The van der Waals surface area contributed by atoms with Crippen LogP contribution < -0.4 is 0 Å². The number of carbonyl (C=O) groups is 2. The number of rotatable bonds is 15. The average Bonchev–Trinajstić information content (AvgIpc) is 3.13. The number of hydrogen-bond acceptors (Lipinski definition) is 6.